The van der Waals surface area contributed by atoms with Crippen LogP contribution in [-0.2, 0) is 11.0 Å². The number of alkyl halides is 3. The predicted octanol–water partition coefficient (Wildman–Crippen LogP) is 6.10. The number of halogens is 3. The fraction of sp³-hybridized carbons (Fsp3) is 0.304. The lowest BCUT2D eigenvalue weighted by molar-refractivity contribution is -0.137. The van der Waals surface area contributed by atoms with Gasteiger partial charge in [0.1, 0.15) is 5.82 Å². The molecule has 1 aromatic carbocycles. The summed E-state index contributed by atoms with van der Waals surface area (Å²) in [5.41, 5.74) is 7.92. The van der Waals surface area contributed by atoms with Crippen LogP contribution >= 0.6 is 23.1 Å². The van der Waals surface area contributed by atoms with Gasteiger partial charge in [-0.2, -0.15) is 18.4 Å². The molecule has 0 fully saturated rings. The van der Waals surface area contributed by atoms with Gasteiger partial charge in [0.2, 0.25) is 0 Å². The van der Waals surface area contributed by atoms with E-state index in [-0.39, 0.29) is 22.9 Å². The van der Waals surface area contributed by atoms with Gasteiger partial charge < -0.3 is 5.73 Å². The number of thioether (sulfide) groups is 1. The molecule has 0 radical (unpaired) electrons. The van der Waals surface area contributed by atoms with Crippen molar-refractivity contribution < 1.29 is 18.0 Å². The fourth-order valence-corrected chi connectivity index (χ4v) is 6.30. The number of hydrogen-bond acceptors (Lipinski definition) is 6. The normalized spacial score (nSPS) is 19.3. The molecule has 4 nitrogen and oxygen atoms in total. The van der Waals surface area contributed by atoms with Gasteiger partial charge in [-0.05, 0) is 55.9 Å². The number of thiophene rings is 1. The first-order valence-electron chi connectivity index (χ1n) is 9.95. The van der Waals surface area contributed by atoms with Crippen LogP contribution in [0.15, 0.2) is 57.2 Å². The second-order valence-electron chi connectivity index (χ2n) is 7.67. The maximum Gasteiger partial charge on any atom is 0.416 e. The van der Waals surface area contributed by atoms with Crippen LogP contribution < -0.4 is 10.6 Å². The molecule has 4 rings (SSSR count). The van der Waals surface area contributed by atoms with Crippen LogP contribution in [0.5, 0.6) is 0 Å². The Labute approximate surface area is 192 Å². The van der Waals surface area contributed by atoms with E-state index < -0.39 is 17.7 Å². The van der Waals surface area contributed by atoms with Gasteiger partial charge in [-0.1, -0.05) is 6.07 Å². The highest BCUT2D eigenvalue weighted by molar-refractivity contribution is 8.00. The van der Waals surface area contributed by atoms with Crippen molar-refractivity contribution in [2.24, 2.45) is 5.73 Å². The number of anilines is 1. The second kappa shape index (κ2) is 8.34. The first-order chi connectivity index (χ1) is 15.2. The van der Waals surface area contributed by atoms with Gasteiger partial charge in [-0.25, -0.2) is 0 Å². The van der Waals surface area contributed by atoms with Gasteiger partial charge in [0, 0.05) is 28.3 Å². The molecule has 2 aromatic rings. The van der Waals surface area contributed by atoms with E-state index in [4.69, 9.17) is 5.73 Å². The summed E-state index contributed by atoms with van der Waals surface area (Å²) < 4.78 is 41.1. The summed E-state index contributed by atoms with van der Waals surface area (Å²) in [6.07, 6.45) is -1.18. The van der Waals surface area contributed by atoms with Gasteiger partial charge in [0.05, 0.1) is 27.3 Å². The average molecular weight is 476 g/mol. The molecule has 2 heterocycles. The molecule has 0 bridgehead atoms. The predicted molar refractivity (Wildman–Crippen MR) is 120 cm³/mol. The minimum atomic E-state index is -4.52. The molecule has 0 saturated heterocycles. The topological polar surface area (TPSA) is 70.1 Å². The van der Waals surface area contributed by atoms with Crippen molar-refractivity contribution in [2.45, 2.75) is 42.5 Å². The van der Waals surface area contributed by atoms with E-state index in [1.807, 2.05) is 19.2 Å². The number of hydrogen-bond donors (Lipinski definition) is 1. The van der Waals surface area contributed by atoms with E-state index in [1.165, 1.54) is 28.8 Å². The molecule has 2 N–H and O–H groups in total. The molecule has 0 unspecified atom stereocenters. The largest absolute Gasteiger partial charge is 0.416 e. The molecule has 2 aliphatic rings. The van der Waals surface area contributed by atoms with Crippen molar-refractivity contribution in [1.82, 2.24) is 0 Å². The Bertz CT molecular complexity index is 1200. The van der Waals surface area contributed by atoms with E-state index in [0.29, 0.717) is 30.5 Å². The lowest BCUT2D eigenvalue weighted by Crippen LogP contribution is -2.38. The Hall–Kier alpha value is -2.70. The zero-order chi connectivity index (χ0) is 23.2. The summed E-state index contributed by atoms with van der Waals surface area (Å²) in [6.45, 7) is 1.96. The van der Waals surface area contributed by atoms with Gasteiger partial charge in [-0.15, -0.1) is 23.1 Å². The molecule has 0 amide bonds. The summed E-state index contributed by atoms with van der Waals surface area (Å²) in [4.78, 5) is 15.7. The van der Waals surface area contributed by atoms with Gasteiger partial charge in [-0.3, -0.25) is 9.69 Å². The average Bonchev–Trinajstić information content (AvgIpc) is 3.13. The van der Waals surface area contributed by atoms with E-state index in [9.17, 15) is 23.2 Å². The van der Waals surface area contributed by atoms with Gasteiger partial charge in [0.15, 0.2) is 5.78 Å². The van der Waals surface area contributed by atoms with E-state index in [1.54, 1.807) is 11.3 Å². The molecule has 32 heavy (non-hydrogen) atoms. The van der Waals surface area contributed by atoms with Crippen LogP contribution in [0.3, 0.4) is 0 Å². The number of nitrogens with two attached hydrogens (primary N) is 1. The number of ketones is 1. The van der Waals surface area contributed by atoms with E-state index >= 15 is 0 Å². The van der Waals surface area contributed by atoms with Crippen LogP contribution in [-0.4, -0.2) is 12.0 Å². The van der Waals surface area contributed by atoms with Gasteiger partial charge >= 0.3 is 6.18 Å². The van der Waals surface area contributed by atoms with Crippen molar-refractivity contribution in [2.75, 3.05) is 11.2 Å². The molecule has 0 saturated carbocycles. The third kappa shape index (κ3) is 3.71. The number of carbonyl (C=O) groups is 1. The highest BCUT2D eigenvalue weighted by atomic mass is 32.2. The number of allylic oxidation sites excluding steroid dienone is 3. The lowest BCUT2D eigenvalue weighted by Gasteiger charge is -2.39. The minimum Gasteiger partial charge on any atom is -0.384 e. The van der Waals surface area contributed by atoms with Crippen molar-refractivity contribution in [1.29, 1.82) is 5.26 Å². The SMILES string of the molecule is CSc1sc(C)cc1[C@H]1C(C#N)=C(N)N(c2cccc(C(F)(F)F)c2)C2=C1C(=O)CCC2. The molecule has 166 valence electrons. The summed E-state index contributed by atoms with van der Waals surface area (Å²) in [5, 5.41) is 10.1. The molecule has 1 atom stereocenters. The van der Waals surface area contributed by atoms with Crippen molar-refractivity contribution >= 4 is 34.6 Å². The van der Waals surface area contributed by atoms with Gasteiger partial charge in [0.25, 0.3) is 0 Å². The van der Waals surface area contributed by atoms with Crippen molar-refractivity contribution in [3.05, 3.63) is 69.0 Å². The van der Waals surface area contributed by atoms with Crippen LogP contribution in [0.2, 0.25) is 0 Å². The number of nitrogens with zero attached hydrogens (tertiary/aromatic N) is 2. The number of Topliss-reactive ketones (excluding diaryl/α,β-unsaturated/α-hetero) is 1. The third-order valence-corrected chi connectivity index (χ3v) is 7.91. The fourth-order valence-electron chi connectivity index (χ4n) is 4.39. The van der Waals surface area contributed by atoms with Crippen LogP contribution in [0.4, 0.5) is 18.9 Å². The first kappa shape index (κ1) is 22.5. The summed E-state index contributed by atoms with van der Waals surface area (Å²) in [7, 11) is 0. The Kier molecular flexibility index (Phi) is 5.86. The number of rotatable bonds is 3. The monoisotopic (exact) mass is 475 g/mol. The number of carbonyl (C=O) groups excluding carboxylic acids is 1. The van der Waals surface area contributed by atoms with Crippen molar-refractivity contribution in [3.8, 4) is 6.07 Å². The summed E-state index contributed by atoms with van der Waals surface area (Å²) in [6, 6.07) is 8.95. The number of benzene rings is 1. The number of nitriles is 1. The summed E-state index contributed by atoms with van der Waals surface area (Å²) >= 11 is 3.12. The van der Waals surface area contributed by atoms with Crippen LogP contribution in [0, 0.1) is 18.3 Å². The number of aryl methyl sites for hydroxylation is 1. The van der Waals surface area contributed by atoms with Crippen molar-refractivity contribution in [3.63, 3.8) is 0 Å². The molecule has 1 aliphatic carbocycles. The smallest absolute Gasteiger partial charge is 0.384 e. The molecule has 0 spiro atoms. The highest BCUT2D eigenvalue weighted by Crippen LogP contribution is 2.49. The van der Waals surface area contributed by atoms with Crippen LogP contribution in [0.1, 0.15) is 41.2 Å². The standard InChI is InChI=1S/C23H20F3N3OS2/c1-12-9-15(22(31-2)32-12)19-16(11-27)21(28)29(17-7-4-8-18(30)20(17)19)14-6-3-5-13(10-14)23(24,25)26/h3,5-6,9-10,19H,4,7-8,28H2,1-2H3/t19-/m0/s1. The molecular formula is C23H20F3N3OS2. The molecule has 1 aliphatic heterocycles. The Morgan fingerprint density at radius 3 is 2.69 bits per heavy atom. The first-order valence-corrected chi connectivity index (χ1v) is 12.0. The van der Waals surface area contributed by atoms with E-state index in [0.717, 1.165) is 26.8 Å². The Morgan fingerprint density at radius 1 is 1.28 bits per heavy atom. The molecule has 1 aromatic heterocycles. The maximum absolute atomic E-state index is 13.4. The zero-order valence-corrected chi connectivity index (χ0v) is 19.0. The molecular weight excluding hydrogens is 455 g/mol. The third-order valence-electron chi connectivity index (χ3n) is 5.69. The van der Waals surface area contributed by atoms with E-state index in [2.05, 4.69) is 6.07 Å². The Morgan fingerprint density at radius 2 is 2.03 bits per heavy atom. The quantitative estimate of drug-likeness (QED) is 0.543. The maximum atomic E-state index is 13.4. The Balaban J connectivity index is 1.97. The minimum absolute atomic E-state index is 0.0705. The van der Waals surface area contributed by atoms with Crippen LogP contribution in [0.25, 0.3) is 0 Å². The summed E-state index contributed by atoms with van der Waals surface area (Å²) in [5.74, 6) is -0.636. The zero-order valence-electron chi connectivity index (χ0n) is 17.4. The lowest BCUT2D eigenvalue weighted by atomic mass is 9.76. The second-order valence-corrected chi connectivity index (χ2v) is 10.00. The highest BCUT2D eigenvalue weighted by Gasteiger charge is 2.42. The molecule has 9 heteroatoms.